The van der Waals surface area contributed by atoms with Crippen LogP contribution in [0.15, 0.2) is 81.3 Å². The third-order valence-corrected chi connectivity index (χ3v) is 5.50. The van der Waals surface area contributed by atoms with Crippen LogP contribution in [-0.4, -0.2) is 36.9 Å². The van der Waals surface area contributed by atoms with Crippen molar-refractivity contribution < 1.29 is 9.15 Å². The first-order chi connectivity index (χ1) is 14.2. The number of furan rings is 1. The Morgan fingerprint density at radius 1 is 1.07 bits per heavy atom. The van der Waals surface area contributed by atoms with Gasteiger partial charge in [-0.05, 0) is 53.4 Å². The van der Waals surface area contributed by atoms with Gasteiger partial charge in [0.25, 0.3) is 0 Å². The summed E-state index contributed by atoms with van der Waals surface area (Å²) in [5.74, 6) is 2.84. The van der Waals surface area contributed by atoms with E-state index in [9.17, 15) is 0 Å². The largest absolute Gasteiger partial charge is 0.497 e. The molecule has 2 aliphatic heterocycles. The highest BCUT2D eigenvalue weighted by atomic mass is 16.5. The van der Waals surface area contributed by atoms with Gasteiger partial charge < -0.3 is 14.9 Å². The van der Waals surface area contributed by atoms with Crippen molar-refractivity contribution in [1.29, 1.82) is 0 Å². The predicted molar refractivity (Wildman–Crippen MR) is 113 cm³/mol. The summed E-state index contributed by atoms with van der Waals surface area (Å²) in [7, 11) is 1.67. The Morgan fingerprint density at radius 2 is 1.90 bits per heavy atom. The number of hydrogen-bond donors (Lipinski definition) is 1. The molecule has 146 valence electrons. The van der Waals surface area contributed by atoms with Gasteiger partial charge in [0.05, 0.1) is 13.4 Å². The summed E-state index contributed by atoms with van der Waals surface area (Å²) in [5.41, 5.74) is 8.56. The van der Waals surface area contributed by atoms with Gasteiger partial charge in [-0.2, -0.15) is 0 Å². The maximum absolute atomic E-state index is 6.33. The van der Waals surface area contributed by atoms with E-state index in [1.807, 2.05) is 41.3 Å². The first kappa shape index (κ1) is 17.6. The third-order valence-electron chi connectivity index (χ3n) is 5.50. The highest BCUT2D eigenvalue weighted by Crippen LogP contribution is 2.42. The zero-order valence-corrected chi connectivity index (χ0v) is 16.2. The zero-order chi connectivity index (χ0) is 19.8. The van der Waals surface area contributed by atoms with Crippen LogP contribution in [0, 0.1) is 0 Å². The van der Waals surface area contributed by atoms with Crippen molar-refractivity contribution in [3.05, 3.63) is 78.3 Å². The highest BCUT2D eigenvalue weighted by Gasteiger charge is 2.51. The van der Waals surface area contributed by atoms with E-state index in [4.69, 9.17) is 24.9 Å². The van der Waals surface area contributed by atoms with Crippen molar-refractivity contribution in [3.63, 3.8) is 0 Å². The van der Waals surface area contributed by atoms with Crippen LogP contribution < -0.4 is 10.5 Å². The molecule has 0 fully saturated rings. The van der Waals surface area contributed by atoms with E-state index >= 15 is 0 Å². The molecule has 6 nitrogen and oxygen atoms in total. The third kappa shape index (κ3) is 2.71. The Balaban J connectivity index is 1.70. The fraction of sp³-hybridized carbons (Fsp3) is 0.217. The lowest BCUT2D eigenvalue weighted by Gasteiger charge is -2.31. The molecule has 0 bridgehead atoms. The number of amidine groups is 1. The number of aliphatic imine (C=N–C) groups is 2. The number of guanidine groups is 1. The number of methoxy groups -OCH3 is 1. The van der Waals surface area contributed by atoms with Crippen LogP contribution >= 0.6 is 0 Å². The summed E-state index contributed by atoms with van der Waals surface area (Å²) < 4.78 is 11.3. The zero-order valence-electron chi connectivity index (χ0n) is 16.2. The molecule has 0 saturated carbocycles. The highest BCUT2D eigenvalue weighted by molar-refractivity contribution is 6.12. The van der Waals surface area contributed by atoms with Crippen molar-refractivity contribution >= 4 is 11.8 Å². The number of rotatable bonds is 4. The maximum Gasteiger partial charge on any atom is 0.204 e. The van der Waals surface area contributed by atoms with Gasteiger partial charge in [0.2, 0.25) is 5.54 Å². The van der Waals surface area contributed by atoms with Gasteiger partial charge in [0, 0.05) is 13.1 Å². The number of nitrogens with zero attached hydrogens (tertiary/aromatic N) is 3. The average molecular weight is 386 g/mol. The minimum Gasteiger partial charge on any atom is -0.497 e. The lowest BCUT2D eigenvalue weighted by atomic mass is 9.84. The maximum atomic E-state index is 6.33. The van der Waals surface area contributed by atoms with Gasteiger partial charge in [-0.25, -0.2) is 4.99 Å². The number of hydrogen-bond acceptors (Lipinski definition) is 6. The monoisotopic (exact) mass is 386 g/mol. The van der Waals surface area contributed by atoms with E-state index in [1.54, 1.807) is 13.4 Å². The molecule has 1 aromatic heterocycles. The van der Waals surface area contributed by atoms with E-state index in [0.717, 1.165) is 47.8 Å². The topological polar surface area (TPSA) is 76.3 Å². The lowest BCUT2D eigenvalue weighted by Crippen LogP contribution is -2.46. The summed E-state index contributed by atoms with van der Waals surface area (Å²) in [6.07, 6.45) is 2.62. The average Bonchev–Trinajstić information content (AvgIpc) is 3.42. The minimum absolute atomic E-state index is 0.478. The van der Waals surface area contributed by atoms with Gasteiger partial charge in [0.15, 0.2) is 5.96 Å². The van der Waals surface area contributed by atoms with Crippen molar-refractivity contribution in [2.24, 2.45) is 15.7 Å². The molecule has 0 saturated heterocycles. The lowest BCUT2D eigenvalue weighted by molar-refractivity contribution is 0.415. The van der Waals surface area contributed by atoms with Crippen LogP contribution in [0.5, 0.6) is 5.75 Å². The van der Waals surface area contributed by atoms with Crippen LogP contribution in [-0.2, 0) is 5.54 Å². The molecular weight excluding hydrogens is 364 g/mol. The molecule has 3 aromatic rings. The Hall–Kier alpha value is -3.54. The molecule has 3 heterocycles. The van der Waals surface area contributed by atoms with Gasteiger partial charge in [0.1, 0.15) is 17.3 Å². The number of nitrogens with two attached hydrogens (primary N) is 1. The van der Waals surface area contributed by atoms with Crippen LogP contribution in [0.3, 0.4) is 0 Å². The van der Waals surface area contributed by atoms with Crippen LogP contribution in [0.4, 0.5) is 0 Å². The minimum atomic E-state index is -0.872. The van der Waals surface area contributed by atoms with Crippen molar-refractivity contribution in [3.8, 4) is 16.9 Å². The number of ether oxygens (including phenoxy) is 1. The Labute approximate surface area is 169 Å². The van der Waals surface area contributed by atoms with Crippen molar-refractivity contribution in [2.75, 3.05) is 20.2 Å². The van der Waals surface area contributed by atoms with Gasteiger partial charge >= 0.3 is 0 Å². The first-order valence-corrected chi connectivity index (χ1v) is 9.69. The smallest absolute Gasteiger partial charge is 0.204 e. The van der Waals surface area contributed by atoms with E-state index in [-0.39, 0.29) is 0 Å². The Bertz CT molecular complexity index is 1100. The summed E-state index contributed by atoms with van der Waals surface area (Å²) in [4.78, 5) is 11.7. The predicted octanol–water partition coefficient (Wildman–Crippen LogP) is 3.63. The van der Waals surface area contributed by atoms with Gasteiger partial charge in [-0.15, -0.1) is 0 Å². The summed E-state index contributed by atoms with van der Waals surface area (Å²) >= 11 is 0. The Kier molecular flexibility index (Phi) is 4.12. The molecule has 29 heavy (non-hydrogen) atoms. The van der Waals surface area contributed by atoms with Crippen molar-refractivity contribution in [2.45, 2.75) is 12.0 Å². The van der Waals surface area contributed by atoms with Crippen LogP contribution in [0.1, 0.15) is 17.7 Å². The van der Waals surface area contributed by atoms with Crippen LogP contribution in [0.25, 0.3) is 11.1 Å². The molecule has 1 unspecified atom stereocenters. The Morgan fingerprint density at radius 3 is 2.69 bits per heavy atom. The van der Waals surface area contributed by atoms with Gasteiger partial charge in [-0.3, -0.25) is 9.89 Å². The molecule has 0 spiro atoms. The number of benzene rings is 2. The second-order valence-corrected chi connectivity index (χ2v) is 7.18. The molecule has 2 aromatic carbocycles. The molecule has 2 aliphatic rings. The van der Waals surface area contributed by atoms with Gasteiger partial charge in [-0.1, -0.05) is 30.3 Å². The van der Waals surface area contributed by atoms with E-state index < -0.39 is 5.54 Å². The molecule has 2 N–H and O–H groups in total. The molecule has 1 atom stereocenters. The summed E-state index contributed by atoms with van der Waals surface area (Å²) in [6, 6.07) is 20.1. The van der Waals surface area contributed by atoms with Crippen LogP contribution in [0.2, 0.25) is 0 Å². The quantitative estimate of drug-likeness (QED) is 0.743. The van der Waals surface area contributed by atoms with E-state index in [1.165, 1.54) is 0 Å². The number of fused-ring (bicyclic) bond motifs is 1. The molecular formula is C23H22N4O2. The summed E-state index contributed by atoms with van der Waals surface area (Å²) in [5, 5.41) is 0. The SMILES string of the molecule is COc1cccc(-c2cccc(C3(c4ccco4)N=C(N)N4CCCN=C43)c2)c1. The second-order valence-electron chi connectivity index (χ2n) is 7.18. The fourth-order valence-electron chi connectivity index (χ4n) is 4.13. The van der Waals surface area contributed by atoms with E-state index in [2.05, 4.69) is 24.3 Å². The molecule has 0 radical (unpaired) electrons. The second kappa shape index (κ2) is 6.81. The van der Waals surface area contributed by atoms with E-state index in [0.29, 0.717) is 11.7 Å². The standard InChI is InChI=1S/C23H22N4O2/c1-28-19-9-3-7-17(15-19)16-6-2-8-18(14-16)23(20-10-4-13-29-20)21-25-11-5-12-27(21)22(24)26-23/h2-4,6-10,13-15H,5,11-12H2,1H3,(H2,24,26). The molecule has 5 rings (SSSR count). The molecule has 0 aliphatic carbocycles. The molecule has 0 amide bonds. The summed E-state index contributed by atoms with van der Waals surface area (Å²) in [6.45, 7) is 1.57. The van der Waals surface area contributed by atoms with Crippen molar-refractivity contribution in [1.82, 2.24) is 4.90 Å². The molecule has 6 heteroatoms. The normalized spacial score (nSPS) is 20.8. The first-order valence-electron chi connectivity index (χ1n) is 9.69. The fourth-order valence-corrected chi connectivity index (χ4v) is 4.13.